The van der Waals surface area contributed by atoms with Gasteiger partial charge >= 0.3 is 0 Å². The number of aryl methyl sites for hydroxylation is 1. The van der Waals surface area contributed by atoms with Crippen LogP contribution in [0.1, 0.15) is 53.0 Å². The standard InChI is InChI=1S/C22H32O2S/c1-21(2,3)17-15-19(25(6,7)24)20(23)22(4,5)16-11-14-18-12-9-8-10-13-18/h8-10,12-13H,11,14,16H2,1-7H3. The number of carbonyl (C=O) groups excluding carboxylic acids is 1. The van der Waals surface area contributed by atoms with Crippen LogP contribution in [0.2, 0.25) is 0 Å². The monoisotopic (exact) mass is 360 g/mol. The van der Waals surface area contributed by atoms with Crippen LogP contribution in [0.3, 0.4) is 0 Å². The molecule has 0 aromatic heterocycles. The van der Waals surface area contributed by atoms with Gasteiger partial charge in [-0.25, -0.2) is 0 Å². The van der Waals surface area contributed by atoms with Gasteiger partial charge in [-0.3, -0.25) is 9.00 Å². The first-order valence-electron chi connectivity index (χ1n) is 8.76. The Bertz CT molecular complexity index is 767. The highest BCUT2D eigenvalue weighted by Crippen LogP contribution is 2.26. The first-order chi connectivity index (χ1) is 11.3. The Hall–Kier alpha value is -1.53. The molecular weight excluding hydrogens is 328 g/mol. The highest BCUT2D eigenvalue weighted by molar-refractivity contribution is 8.02. The molecule has 0 heterocycles. The Morgan fingerprint density at radius 2 is 1.60 bits per heavy atom. The second-order valence-corrected chi connectivity index (χ2v) is 11.5. The number of hydrogen-bond donors (Lipinski definition) is 0. The summed E-state index contributed by atoms with van der Waals surface area (Å²) in [7, 11) is -2.40. The van der Waals surface area contributed by atoms with E-state index in [1.807, 2.05) is 52.8 Å². The van der Waals surface area contributed by atoms with Crippen LogP contribution in [0.4, 0.5) is 0 Å². The molecular formula is C22H32O2S. The minimum absolute atomic E-state index is 0.0766. The second-order valence-electron chi connectivity index (χ2n) is 8.61. The van der Waals surface area contributed by atoms with Crippen molar-refractivity contribution in [3.8, 4) is 11.8 Å². The van der Waals surface area contributed by atoms with Crippen molar-refractivity contribution in [3.05, 3.63) is 35.9 Å². The third-order valence-corrected chi connectivity index (χ3v) is 5.24. The molecule has 0 N–H and O–H groups in total. The molecule has 0 unspecified atom stereocenters. The fourth-order valence-electron chi connectivity index (χ4n) is 2.45. The van der Waals surface area contributed by atoms with Crippen LogP contribution in [0.5, 0.6) is 0 Å². The highest BCUT2D eigenvalue weighted by atomic mass is 32.2. The van der Waals surface area contributed by atoms with E-state index < -0.39 is 14.9 Å². The van der Waals surface area contributed by atoms with E-state index in [9.17, 15) is 9.00 Å². The summed E-state index contributed by atoms with van der Waals surface area (Å²) in [5.74, 6) is 5.96. The van der Waals surface area contributed by atoms with Crippen molar-refractivity contribution in [1.29, 1.82) is 0 Å². The quantitative estimate of drug-likeness (QED) is 0.557. The van der Waals surface area contributed by atoms with E-state index >= 15 is 0 Å². The van der Waals surface area contributed by atoms with Crippen molar-refractivity contribution >= 4 is 20.2 Å². The van der Waals surface area contributed by atoms with Gasteiger partial charge in [-0.1, -0.05) is 56.0 Å². The molecule has 138 valence electrons. The largest absolute Gasteiger partial charge is 0.292 e. The molecule has 0 atom stereocenters. The van der Waals surface area contributed by atoms with Crippen LogP contribution >= 0.6 is 0 Å². The summed E-state index contributed by atoms with van der Waals surface area (Å²) in [5, 5.41) is 0. The van der Waals surface area contributed by atoms with Crippen LogP contribution in [0, 0.1) is 22.7 Å². The normalized spacial score (nSPS) is 12.3. The summed E-state index contributed by atoms with van der Waals surface area (Å²) in [6, 6.07) is 10.3. The molecule has 1 aromatic rings. The first kappa shape index (κ1) is 21.5. The average molecular weight is 361 g/mol. The SMILES string of the molecule is CC(C)(C)C#CC(C(=O)C(C)(C)CCCc1ccccc1)=S(C)(C)=O. The molecule has 0 fully saturated rings. The topological polar surface area (TPSA) is 34.1 Å². The highest BCUT2D eigenvalue weighted by Gasteiger charge is 2.31. The Kier molecular flexibility index (Phi) is 7.08. The average Bonchev–Trinajstić information content (AvgIpc) is 2.45. The van der Waals surface area contributed by atoms with E-state index in [1.54, 1.807) is 12.5 Å². The molecule has 3 heteroatoms. The fourth-order valence-corrected chi connectivity index (χ4v) is 3.47. The summed E-state index contributed by atoms with van der Waals surface area (Å²) in [6.45, 7) is 9.83. The Labute approximate surface area is 154 Å². The van der Waals surface area contributed by atoms with Gasteiger partial charge in [0.2, 0.25) is 0 Å². The predicted octanol–water partition coefficient (Wildman–Crippen LogP) is 4.37. The van der Waals surface area contributed by atoms with Crippen molar-refractivity contribution in [2.45, 2.75) is 53.9 Å². The van der Waals surface area contributed by atoms with Crippen molar-refractivity contribution in [1.82, 2.24) is 0 Å². The second kappa shape index (κ2) is 8.23. The molecule has 0 spiro atoms. The molecule has 0 aliphatic rings. The molecule has 25 heavy (non-hydrogen) atoms. The predicted molar refractivity (Wildman–Crippen MR) is 110 cm³/mol. The zero-order valence-corrected chi connectivity index (χ0v) is 17.5. The lowest BCUT2D eigenvalue weighted by molar-refractivity contribution is -0.120. The van der Waals surface area contributed by atoms with Crippen molar-refractivity contribution in [2.75, 3.05) is 12.5 Å². The summed E-state index contributed by atoms with van der Waals surface area (Å²) in [5.41, 5.74) is 0.483. The Morgan fingerprint density at radius 3 is 2.08 bits per heavy atom. The van der Waals surface area contributed by atoms with Gasteiger partial charge < -0.3 is 0 Å². The maximum atomic E-state index is 13.1. The molecule has 0 radical (unpaired) electrons. The lowest BCUT2D eigenvalue weighted by atomic mass is 9.81. The fraction of sp³-hybridized carbons (Fsp3) is 0.545. The van der Waals surface area contributed by atoms with E-state index in [4.69, 9.17) is 0 Å². The van der Waals surface area contributed by atoms with E-state index in [1.165, 1.54) is 5.56 Å². The molecule has 0 aliphatic heterocycles. The van der Waals surface area contributed by atoms with E-state index in [2.05, 4.69) is 24.0 Å². The molecule has 0 saturated carbocycles. The van der Waals surface area contributed by atoms with Gasteiger partial charge in [-0.2, -0.15) is 0 Å². The third-order valence-electron chi connectivity index (χ3n) is 3.97. The van der Waals surface area contributed by atoms with Crippen LogP contribution < -0.4 is 0 Å². The van der Waals surface area contributed by atoms with Gasteiger partial charge in [-0.15, -0.1) is 0 Å². The van der Waals surface area contributed by atoms with Crippen LogP contribution in [-0.4, -0.2) is 27.4 Å². The lowest BCUT2D eigenvalue weighted by Gasteiger charge is -2.24. The minimum Gasteiger partial charge on any atom is -0.292 e. The van der Waals surface area contributed by atoms with Crippen molar-refractivity contribution in [2.24, 2.45) is 10.8 Å². The number of hydrogen-bond acceptors (Lipinski definition) is 2. The van der Waals surface area contributed by atoms with E-state index in [-0.39, 0.29) is 16.1 Å². The summed E-state index contributed by atoms with van der Waals surface area (Å²) in [6.07, 6.45) is 5.82. The van der Waals surface area contributed by atoms with Crippen LogP contribution in [0.15, 0.2) is 30.3 Å². The van der Waals surface area contributed by atoms with Crippen molar-refractivity contribution < 1.29 is 9.00 Å². The summed E-state index contributed by atoms with van der Waals surface area (Å²) >= 11 is 0. The molecule has 0 aliphatic carbocycles. The smallest absolute Gasteiger partial charge is 0.184 e. The van der Waals surface area contributed by atoms with Gasteiger partial charge in [0.15, 0.2) is 5.78 Å². The zero-order chi connectivity index (χ0) is 19.3. The number of benzene rings is 1. The van der Waals surface area contributed by atoms with Crippen LogP contribution in [-0.2, 0) is 20.7 Å². The molecule has 0 amide bonds. The van der Waals surface area contributed by atoms with Crippen LogP contribution in [0.25, 0.3) is 0 Å². The minimum atomic E-state index is -2.40. The van der Waals surface area contributed by atoms with Gasteiger partial charge in [-0.05, 0) is 55.1 Å². The third kappa shape index (κ3) is 7.48. The maximum absolute atomic E-state index is 13.1. The first-order valence-corrected chi connectivity index (χ1v) is 11.1. The lowest BCUT2D eigenvalue weighted by Crippen LogP contribution is -2.34. The van der Waals surface area contributed by atoms with E-state index in [0.29, 0.717) is 0 Å². The number of Topliss-reactive ketones (excluding diaryl/α,β-unsaturated/α-hetero) is 1. The zero-order valence-electron chi connectivity index (χ0n) is 16.7. The maximum Gasteiger partial charge on any atom is 0.184 e. The Morgan fingerprint density at radius 1 is 1.04 bits per heavy atom. The molecule has 0 saturated heterocycles. The van der Waals surface area contributed by atoms with E-state index in [0.717, 1.165) is 19.3 Å². The number of ketones is 1. The molecule has 0 bridgehead atoms. The number of rotatable bonds is 6. The van der Waals surface area contributed by atoms with Gasteiger partial charge in [0.05, 0.1) is 0 Å². The van der Waals surface area contributed by atoms with Gasteiger partial charge in [0.25, 0.3) is 0 Å². The molecule has 1 aromatic carbocycles. The summed E-state index contributed by atoms with van der Waals surface area (Å²) < 4.78 is 12.6. The Balaban J connectivity index is 2.95. The van der Waals surface area contributed by atoms with Gasteiger partial charge in [0.1, 0.15) is 4.86 Å². The number of carbonyl (C=O) groups is 1. The molecule has 2 nitrogen and oxygen atoms in total. The van der Waals surface area contributed by atoms with Crippen molar-refractivity contribution in [3.63, 3.8) is 0 Å². The summed E-state index contributed by atoms with van der Waals surface area (Å²) in [4.78, 5) is 13.3. The molecule has 1 rings (SSSR count). The van der Waals surface area contributed by atoms with Gasteiger partial charge in [0, 0.05) is 23.3 Å².